The number of rotatable bonds is 4. The van der Waals surface area contributed by atoms with Crippen LogP contribution in [-0.4, -0.2) is 20.4 Å². The van der Waals surface area contributed by atoms with Crippen molar-refractivity contribution in [3.8, 4) is 0 Å². The number of hydrogen-bond acceptors (Lipinski definition) is 4. The minimum atomic E-state index is -3.15. The van der Waals surface area contributed by atoms with Crippen LogP contribution in [0.3, 0.4) is 0 Å². The van der Waals surface area contributed by atoms with Crippen LogP contribution in [-0.2, 0) is 16.4 Å². The molecule has 1 aliphatic rings. The Labute approximate surface area is 142 Å². The van der Waals surface area contributed by atoms with E-state index < -0.39 is 9.84 Å². The van der Waals surface area contributed by atoms with Crippen molar-refractivity contribution >= 4 is 21.6 Å². The van der Waals surface area contributed by atoms with Crippen molar-refractivity contribution in [1.82, 2.24) is 5.32 Å². The second-order valence-corrected chi connectivity index (χ2v) is 9.10. The van der Waals surface area contributed by atoms with Crippen molar-refractivity contribution in [2.75, 3.05) is 12.0 Å². The molecule has 0 radical (unpaired) electrons. The minimum Gasteiger partial charge on any atom is -0.306 e. The third kappa shape index (κ3) is 3.79. The monoisotopic (exact) mass is 347 g/mol. The second-order valence-electron chi connectivity index (χ2n) is 5.98. The molecule has 3 rings (SSSR count). The molecule has 0 aromatic heterocycles. The average molecular weight is 348 g/mol. The normalized spacial score (nSPS) is 17.7. The third-order valence-corrected chi connectivity index (χ3v) is 6.53. The molecule has 0 unspecified atom stereocenters. The number of nitrogens with one attached hydrogen (secondary N) is 1. The lowest BCUT2D eigenvalue weighted by Crippen LogP contribution is -2.24. The highest BCUT2D eigenvalue weighted by atomic mass is 32.2. The van der Waals surface area contributed by atoms with Crippen LogP contribution in [0.1, 0.15) is 29.2 Å². The van der Waals surface area contributed by atoms with Gasteiger partial charge in [0, 0.05) is 23.7 Å². The molecule has 2 aromatic rings. The van der Waals surface area contributed by atoms with E-state index >= 15 is 0 Å². The molecule has 0 saturated carbocycles. The van der Waals surface area contributed by atoms with E-state index in [1.54, 1.807) is 6.07 Å². The fraction of sp³-hybridized carbons (Fsp3) is 0.333. The van der Waals surface area contributed by atoms with Gasteiger partial charge in [0.15, 0.2) is 9.84 Å². The van der Waals surface area contributed by atoms with Gasteiger partial charge in [-0.05, 0) is 47.9 Å². The molecule has 0 bridgehead atoms. The van der Waals surface area contributed by atoms with Gasteiger partial charge in [-0.3, -0.25) is 0 Å². The SMILES string of the molecule is Cc1cc(CN[C@H]2CCSc3ccccc32)ccc1S(C)(=O)=O. The maximum absolute atomic E-state index is 11.7. The maximum atomic E-state index is 11.7. The molecular formula is C18H21NO2S2. The molecule has 1 atom stereocenters. The lowest BCUT2D eigenvalue weighted by atomic mass is 10.0. The van der Waals surface area contributed by atoms with Crippen LogP contribution in [0.4, 0.5) is 0 Å². The van der Waals surface area contributed by atoms with Gasteiger partial charge >= 0.3 is 0 Å². The fourth-order valence-electron chi connectivity index (χ4n) is 3.03. The van der Waals surface area contributed by atoms with Gasteiger partial charge in [0.2, 0.25) is 0 Å². The van der Waals surface area contributed by atoms with Crippen LogP contribution in [0, 0.1) is 6.92 Å². The van der Waals surface area contributed by atoms with Gasteiger partial charge in [-0.1, -0.05) is 30.3 Å². The van der Waals surface area contributed by atoms with E-state index in [1.165, 1.54) is 16.7 Å². The number of fused-ring (bicyclic) bond motifs is 1. The van der Waals surface area contributed by atoms with Crippen molar-refractivity contribution in [1.29, 1.82) is 0 Å². The summed E-state index contributed by atoms with van der Waals surface area (Å²) in [5, 5.41) is 3.62. The highest BCUT2D eigenvalue weighted by Gasteiger charge is 2.19. The summed E-state index contributed by atoms with van der Waals surface area (Å²) < 4.78 is 23.4. The first-order valence-corrected chi connectivity index (χ1v) is 10.6. The maximum Gasteiger partial charge on any atom is 0.175 e. The van der Waals surface area contributed by atoms with Crippen molar-refractivity contribution < 1.29 is 8.42 Å². The van der Waals surface area contributed by atoms with Crippen molar-refractivity contribution in [2.45, 2.75) is 35.7 Å². The lowest BCUT2D eigenvalue weighted by molar-refractivity contribution is 0.510. The second kappa shape index (κ2) is 6.67. The van der Waals surface area contributed by atoms with Crippen molar-refractivity contribution in [2.24, 2.45) is 0 Å². The van der Waals surface area contributed by atoms with Crippen LogP contribution in [0.5, 0.6) is 0 Å². The first kappa shape index (κ1) is 16.6. The molecule has 0 saturated heterocycles. The van der Waals surface area contributed by atoms with Gasteiger partial charge in [-0.25, -0.2) is 8.42 Å². The predicted molar refractivity (Wildman–Crippen MR) is 95.7 cm³/mol. The van der Waals surface area contributed by atoms with Gasteiger partial charge in [-0.15, -0.1) is 11.8 Å². The number of benzene rings is 2. The summed E-state index contributed by atoms with van der Waals surface area (Å²) in [7, 11) is -3.15. The Morgan fingerprint density at radius 1 is 1.22 bits per heavy atom. The highest BCUT2D eigenvalue weighted by molar-refractivity contribution is 7.99. The van der Waals surface area contributed by atoms with Gasteiger partial charge in [0.25, 0.3) is 0 Å². The summed E-state index contributed by atoms with van der Waals surface area (Å²) in [6.45, 7) is 2.60. The topological polar surface area (TPSA) is 46.2 Å². The smallest absolute Gasteiger partial charge is 0.175 e. The van der Waals surface area contributed by atoms with E-state index in [0.29, 0.717) is 10.9 Å². The Hall–Kier alpha value is -1.30. The number of thioether (sulfide) groups is 1. The molecule has 0 amide bonds. The number of sulfone groups is 1. The number of aryl methyl sites for hydroxylation is 1. The van der Waals surface area contributed by atoms with Gasteiger partial charge in [0.1, 0.15) is 0 Å². The zero-order valence-electron chi connectivity index (χ0n) is 13.4. The summed E-state index contributed by atoms with van der Waals surface area (Å²) in [6, 6.07) is 14.5. The fourth-order valence-corrected chi connectivity index (χ4v) is 5.12. The van der Waals surface area contributed by atoms with E-state index in [1.807, 2.05) is 30.8 Å². The van der Waals surface area contributed by atoms with Crippen LogP contribution in [0.2, 0.25) is 0 Å². The Kier molecular flexibility index (Phi) is 4.80. The average Bonchev–Trinajstić information content (AvgIpc) is 2.51. The van der Waals surface area contributed by atoms with Gasteiger partial charge in [-0.2, -0.15) is 0 Å². The molecule has 1 N–H and O–H groups in total. The van der Waals surface area contributed by atoms with E-state index in [4.69, 9.17) is 0 Å². The molecule has 122 valence electrons. The summed E-state index contributed by atoms with van der Waals surface area (Å²) >= 11 is 1.91. The molecule has 23 heavy (non-hydrogen) atoms. The summed E-state index contributed by atoms with van der Waals surface area (Å²) in [6.07, 6.45) is 2.37. The minimum absolute atomic E-state index is 0.363. The van der Waals surface area contributed by atoms with Gasteiger partial charge < -0.3 is 5.32 Å². The molecule has 0 fully saturated rings. The number of hydrogen-bond donors (Lipinski definition) is 1. The first-order valence-electron chi connectivity index (χ1n) is 7.70. The van der Waals surface area contributed by atoms with Gasteiger partial charge in [0.05, 0.1) is 4.90 Å². The zero-order chi connectivity index (χ0) is 16.4. The van der Waals surface area contributed by atoms with E-state index in [0.717, 1.165) is 29.8 Å². The van der Waals surface area contributed by atoms with Crippen molar-refractivity contribution in [3.63, 3.8) is 0 Å². The van der Waals surface area contributed by atoms with Crippen LogP contribution in [0.25, 0.3) is 0 Å². The predicted octanol–water partition coefficient (Wildman–Crippen LogP) is 3.73. The quantitative estimate of drug-likeness (QED) is 0.915. The molecule has 1 aliphatic heterocycles. The van der Waals surface area contributed by atoms with E-state index in [-0.39, 0.29) is 0 Å². The Bertz CT molecular complexity index is 816. The Balaban J connectivity index is 1.74. The van der Waals surface area contributed by atoms with Crippen LogP contribution in [0.15, 0.2) is 52.3 Å². The zero-order valence-corrected chi connectivity index (χ0v) is 15.0. The molecular weight excluding hydrogens is 326 g/mol. The third-order valence-electron chi connectivity index (χ3n) is 4.15. The molecule has 2 aromatic carbocycles. The Morgan fingerprint density at radius 2 is 2.00 bits per heavy atom. The Morgan fingerprint density at radius 3 is 2.74 bits per heavy atom. The molecule has 5 heteroatoms. The first-order chi connectivity index (χ1) is 10.9. The van der Waals surface area contributed by atoms with E-state index in [9.17, 15) is 8.42 Å². The summed E-state index contributed by atoms with van der Waals surface area (Å²) in [4.78, 5) is 1.78. The lowest BCUT2D eigenvalue weighted by Gasteiger charge is -2.26. The largest absolute Gasteiger partial charge is 0.306 e. The van der Waals surface area contributed by atoms with Crippen LogP contribution < -0.4 is 5.32 Å². The molecule has 3 nitrogen and oxygen atoms in total. The standard InChI is InChI=1S/C18H21NO2S2/c1-13-11-14(7-8-18(13)23(2,20)21)12-19-16-9-10-22-17-6-4-3-5-15(16)17/h3-8,11,16,19H,9-10,12H2,1-2H3/t16-/m0/s1. The molecule has 0 aliphatic carbocycles. The van der Waals surface area contributed by atoms with E-state index in [2.05, 4.69) is 29.6 Å². The van der Waals surface area contributed by atoms with Crippen molar-refractivity contribution in [3.05, 3.63) is 59.2 Å². The summed E-state index contributed by atoms with van der Waals surface area (Å²) in [5.41, 5.74) is 3.30. The molecule has 1 heterocycles. The molecule has 0 spiro atoms. The van der Waals surface area contributed by atoms with Crippen LogP contribution >= 0.6 is 11.8 Å². The summed E-state index contributed by atoms with van der Waals surface area (Å²) in [5.74, 6) is 1.13. The highest BCUT2D eigenvalue weighted by Crippen LogP contribution is 2.35.